The van der Waals surface area contributed by atoms with Crippen LogP contribution >= 0.6 is 0 Å². The lowest BCUT2D eigenvalue weighted by molar-refractivity contribution is -0.123. The SMILES string of the molecule is CC1CC(N2CCCC2)CN1C(=O)N[C@@H]1CCC(=O)N[C@H]1c1ccccc1. The van der Waals surface area contributed by atoms with Crippen LogP contribution in [-0.2, 0) is 4.79 Å². The number of benzene rings is 1. The van der Waals surface area contributed by atoms with Crippen molar-refractivity contribution in [2.24, 2.45) is 0 Å². The van der Waals surface area contributed by atoms with E-state index in [2.05, 4.69) is 22.5 Å². The molecule has 2 N–H and O–H groups in total. The van der Waals surface area contributed by atoms with Crippen molar-refractivity contribution < 1.29 is 9.59 Å². The van der Waals surface area contributed by atoms with Crippen molar-refractivity contribution in [2.45, 2.75) is 63.2 Å². The van der Waals surface area contributed by atoms with Crippen LogP contribution in [0, 0.1) is 0 Å². The summed E-state index contributed by atoms with van der Waals surface area (Å²) in [6.45, 7) is 5.28. The van der Waals surface area contributed by atoms with E-state index in [4.69, 9.17) is 0 Å². The highest BCUT2D eigenvalue weighted by Gasteiger charge is 2.38. The molecule has 0 bridgehead atoms. The molecule has 0 spiro atoms. The maximum absolute atomic E-state index is 13.0. The van der Waals surface area contributed by atoms with Crippen LogP contribution in [-0.4, -0.2) is 59.5 Å². The van der Waals surface area contributed by atoms with Gasteiger partial charge in [-0.2, -0.15) is 0 Å². The van der Waals surface area contributed by atoms with Crippen LogP contribution in [0.1, 0.15) is 50.6 Å². The van der Waals surface area contributed by atoms with Gasteiger partial charge in [-0.05, 0) is 51.3 Å². The van der Waals surface area contributed by atoms with E-state index in [-0.39, 0.29) is 30.1 Å². The molecule has 6 nitrogen and oxygen atoms in total. The van der Waals surface area contributed by atoms with Gasteiger partial charge < -0.3 is 15.5 Å². The number of hydrogen-bond acceptors (Lipinski definition) is 3. The van der Waals surface area contributed by atoms with Crippen LogP contribution in [0.3, 0.4) is 0 Å². The Labute approximate surface area is 161 Å². The van der Waals surface area contributed by atoms with Crippen LogP contribution in [0.15, 0.2) is 30.3 Å². The predicted molar refractivity (Wildman–Crippen MR) is 104 cm³/mol. The average Bonchev–Trinajstić information content (AvgIpc) is 3.33. The standard InChI is InChI=1S/C21H30N4O2/c1-15-13-17(24-11-5-6-12-24)14-25(15)21(27)22-18-9-10-19(26)23-20(18)16-7-3-2-4-8-16/h2-4,7-8,15,17-18,20H,5-6,9-14H2,1H3,(H,22,27)(H,23,26)/t15?,17?,18-,20+/m1/s1. The normalized spacial score (nSPS) is 31.7. The van der Waals surface area contributed by atoms with Gasteiger partial charge in [0.15, 0.2) is 0 Å². The van der Waals surface area contributed by atoms with Crippen molar-refractivity contribution in [1.29, 1.82) is 0 Å². The number of likely N-dealkylation sites (tertiary alicyclic amines) is 2. The van der Waals surface area contributed by atoms with E-state index < -0.39 is 0 Å². The van der Waals surface area contributed by atoms with Gasteiger partial charge in [0.1, 0.15) is 0 Å². The van der Waals surface area contributed by atoms with E-state index >= 15 is 0 Å². The summed E-state index contributed by atoms with van der Waals surface area (Å²) in [6.07, 6.45) is 4.74. The molecule has 1 aromatic rings. The first kappa shape index (κ1) is 18.3. The van der Waals surface area contributed by atoms with Crippen molar-refractivity contribution >= 4 is 11.9 Å². The van der Waals surface area contributed by atoms with Crippen LogP contribution in [0.4, 0.5) is 4.79 Å². The van der Waals surface area contributed by atoms with Crippen molar-refractivity contribution in [3.63, 3.8) is 0 Å². The van der Waals surface area contributed by atoms with Crippen molar-refractivity contribution in [2.75, 3.05) is 19.6 Å². The van der Waals surface area contributed by atoms with Gasteiger partial charge >= 0.3 is 6.03 Å². The van der Waals surface area contributed by atoms with Gasteiger partial charge in [-0.15, -0.1) is 0 Å². The summed E-state index contributed by atoms with van der Waals surface area (Å²) in [5.41, 5.74) is 1.04. The molecule has 0 saturated carbocycles. The van der Waals surface area contributed by atoms with Gasteiger partial charge in [0, 0.05) is 25.0 Å². The minimum absolute atomic E-state index is 0.00581. The lowest BCUT2D eigenvalue weighted by atomic mass is 9.92. The maximum atomic E-state index is 13.0. The zero-order valence-electron chi connectivity index (χ0n) is 16.1. The molecule has 0 aromatic heterocycles. The highest BCUT2D eigenvalue weighted by molar-refractivity contribution is 5.79. The molecule has 3 saturated heterocycles. The van der Waals surface area contributed by atoms with E-state index in [1.807, 2.05) is 35.2 Å². The molecule has 0 radical (unpaired) electrons. The van der Waals surface area contributed by atoms with Crippen LogP contribution in [0.2, 0.25) is 0 Å². The molecule has 146 valence electrons. The molecule has 27 heavy (non-hydrogen) atoms. The summed E-state index contributed by atoms with van der Waals surface area (Å²) in [6, 6.07) is 10.4. The van der Waals surface area contributed by atoms with Crippen LogP contribution in [0.5, 0.6) is 0 Å². The molecule has 6 heteroatoms. The van der Waals surface area contributed by atoms with Crippen molar-refractivity contribution in [3.8, 4) is 0 Å². The second kappa shape index (κ2) is 7.89. The maximum Gasteiger partial charge on any atom is 0.317 e. The molecule has 3 aliphatic heterocycles. The molecule has 4 rings (SSSR count). The molecule has 4 atom stereocenters. The Hall–Kier alpha value is -2.08. The third-order valence-electron chi connectivity index (χ3n) is 6.34. The Balaban J connectivity index is 1.42. The minimum atomic E-state index is -0.163. The first-order chi connectivity index (χ1) is 13.1. The van der Waals surface area contributed by atoms with E-state index in [1.165, 1.54) is 12.8 Å². The zero-order valence-corrected chi connectivity index (χ0v) is 16.1. The van der Waals surface area contributed by atoms with E-state index in [0.717, 1.165) is 31.6 Å². The molecule has 1 aromatic carbocycles. The fourth-order valence-electron chi connectivity index (χ4n) is 4.83. The van der Waals surface area contributed by atoms with E-state index in [1.54, 1.807) is 0 Å². The number of carbonyl (C=O) groups excluding carboxylic acids is 2. The molecular formula is C21H30N4O2. The molecule has 3 aliphatic rings. The fourth-order valence-corrected chi connectivity index (χ4v) is 4.83. The number of rotatable bonds is 3. The lowest BCUT2D eigenvalue weighted by Crippen LogP contribution is -2.54. The number of nitrogens with zero attached hydrogens (tertiary/aromatic N) is 2. The summed E-state index contributed by atoms with van der Waals surface area (Å²) in [4.78, 5) is 29.5. The first-order valence-electron chi connectivity index (χ1n) is 10.3. The highest BCUT2D eigenvalue weighted by atomic mass is 16.2. The quantitative estimate of drug-likeness (QED) is 0.858. The van der Waals surface area contributed by atoms with Gasteiger partial charge in [-0.1, -0.05) is 30.3 Å². The first-order valence-corrected chi connectivity index (χ1v) is 10.3. The average molecular weight is 370 g/mol. The third kappa shape index (κ3) is 3.95. The Morgan fingerprint density at radius 1 is 1.19 bits per heavy atom. The summed E-state index contributed by atoms with van der Waals surface area (Å²) in [7, 11) is 0. The summed E-state index contributed by atoms with van der Waals surface area (Å²) < 4.78 is 0. The van der Waals surface area contributed by atoms with Gasteiger partial charge in [-0.25, -0.2) is 4.79 Å². The lowest BCUT2D eigenvalue weighted by Gasteiger charge is -2.35. The van der Waals surface area contributed by atoms with Gasteiger partial charge in [0.05, 0.1) is 12.1 Å². The Morgan fingerprint density at radius 3 is 2.67 bits per heavy atom. The van der Waals surface area contributed by atoms with Crippen LogP contribution in [0.25, 0.3) is 0 Å². The molecule has 3 amide bonds. The van der Waals surface area contributed by atoms with E-state index in [9.17, 15) is 9.59 Å². The number of amides is 3. The topological polar surface area (TPSA) is 64.7 Å². The summed E-state index contributed by atoms with van der Waals surface area (Å²) in [5.74, 6) is 0.0537. The summed E-state index contributed by atoms with van der Waals surface area (Å²) in [5, 5.41) is 6.29. The molecule has 3 heterocycles. The molecule has 2 unspecified atom stereocenters. The smallest absolute Gasteiger partial charge is 0.317 e. The van der Waals surface area contributed by atoms with Gasteiger partial charge in [0.25, 0.3) is 0 Å². The monoisotopic (exact) mass is 370 g/mol. The Morgan fingerprint density at radius 2 is 1.93 bits per heavy atom. The molecule has 0 aliphatic carbocycles. The number of urea groups is 1. The number of nitrogens with one attached hydrogen (secondary N) is 2. The highest BCUT2D eigenvalue weighted by Crippen LogP contribution is 2.27. The predicted octanol–water partition coefficient (Wildman–Crippen LogP) is 2.27. The van der Waals surface area contributed by atoms with Gasteiger partial charge in [0.2, 0.25) is 5.91 Å². The van der Waals surface area contributed by atoms with E-state index in [0.29, 0.717) is 18.9 Å². The van der Waals surface area contributed by atoms with Crippen LogP contribution < -0.4 is 10.6 Å². The largest absolute Gasteiger partial charge is 0.347 e. The van der Waals surface area contributed by atoms with Crippen molar-refractivity contribution in [3.05, 3.63) is 35.9 Å². The Kier molecular flexibility index (Phi) is 5.34. The minimum Gasteiger partial charge on any atom is -0.347 e. The van der Waals surface area contributed by atoms with Crippen molar-refractivity contribution in [1.82, 2.24) is 20.4 Å². The zero-order chi connectivity index (χ0) is 18.8. The van der Waals surface area contributed by atoms with Gasteiger partial charge in [-0.3, -0.25) is 9.69 Å². The molecule has 3 fully saturated rings. The Bertz CT molecular complexity index is 674. The number of carbonyl (C=O) groups is 2. The number of hydrogen-bond donors (Lipinski definition) is 2. The fraction of sp³-hybridized carbons (Fsp3) is 0.619. The summed E-state index contributed by atoms with van der Waals surface area (Å²) >= 11 is 0. The third-order valence-corrected chi connectivity index (χ3v) is 6.34. The second-order valence-corrected chi connectivity index (χ2v) is 8.18. The molecular weight excluding hydrogens is 340 g/mol. The number of piperidine rings is 1. The second-order valence-electron chi connectivity index (χ2n) is 8.18.